The highest BCUT2D eigenvalue weighted by atomic mass is 16.5. The summed E-state index contributed by atoms with van der Waals surface area (Å²) in [5.74, 6) is 0.800. The second-order valence-corrected chi connectivity index (χ2v) is 6.60. The molecule has 2 aromatic carbocycles. The molecule has 0 radical (unpaired) electrons. The third kappa shape index (κ3) is 6.01. The fourth-order valence-corrected chi connectivity index (χ4v) is 2.65. The summed E-state index contributed by atoms with van der Waals surface area (Å²) in [6.07, 6.45) is 0. The molecule has 0 spiro atoms. The molecule has 0 saturated carbocycles. The van der Waals surface area contributed by atoms with Crippen molar-refractivity contribution in [2.75, 3.05) is 18.5 Å². The highest BCUT2D eigenvalue weighted by Crippen LogP contribution is 2.17. The standard InChI is InChI=1S/C22H28N2O4/c1-5-27-18-11-7-16(8-12-18)21(25)24-20(15(3)4)22(26)23-17-9-13-19(14-10-17)28-6-2/h7-15,20H,5-6H2,1-4H3,(H,23,26)(H,24,25). The van der Waals surface area contributed by atoms with Gasteiger partial charge in [0.15, 0.2) is 0 Å². The summed E-state index contributed by atoms with van der Waals surface area (Å²) in [6, 6.07) is 13.3. The van der Waals surface area contributed by atoms with E-state index in [-0.39, 0.29) is 17.7 Å². The van der Waals surface area contributed by atoms with Crippen LogP contribution in [0, 0.1) is 5.92 Å². The van der Waals surface area contributed by atoms with Gasteiger partial charge in [0, 0.05) is 11.3 Å². The number of anilines is 1. The predicted octanol–water partition coefficient (Wildman–Crippen LogP) is 3.88. The quantitative estimate of drug-likeness (QED) is 0.688. The molecule has 1 unspecified atom stereocenters. The van der Waals surface area contributed by atoms with E-state index in [1.807, 2.05) is 27.7 Å². The lowest BCUT2D eigenvalue weighted by atomic mass is 10.0. The van der Waals surface area contributed by atoms with Crippen molar-refractivity contribution in [3.8, 4) is 11.5 Å². The molecule has 0 aliphatic carbocycles. The van der Waals surface area contributed by atoms with Crippen LogP contribution >= 0.6 is 0 Å². The van der Waals surface area contributed by atoms with Gasteiger partial charge in [-0.3, -0.25) is 9.59 Å². The van der Waals surface area contributed by atoms with Crippen LogP contribution in [0.5, 0.6) is 11.5 Å². The molecule has 0 aliphatic heterocycles. The summed E-state index contributed by atoms with van der Waals surface area (Å²) < 4.78 is 10.8. The van der Waals surface area contributed by atoms with Crippen LogP contribution in [-0.4, -0.2) is 31.1 Å². The monoisotopic (exact) mass is 384 g/mol. The van der Waals surface area contributed by atoms with Gasteiger partial charge in [0.25, 0.3) is 5.91 Å². The molecule has 150 valence electrons. The minimum Gasteiger partial charge on any atom is -0.494 e. The zero-order valence-electron chi connectivity index (χ0n) is 16.8. The Morgan fingerprint density at radius 3 is 1.82 bits per heavy atom. The molecule has 2 rings (SSSR count). The fraction of sp³-hybridized carbons (Fsp3) is 0.364. The lowest BCUT2D eigenvalue weighted by Crippen LogP contribution is -2.47. The average molecular weight is 384 g/mol. The van der Waals surface area contributed by atoms with E-state index < -0.39 is 6.04 Å². The summed E-state index contributed by atoms with van der Waals surface area (Å²) >= 11 is 0. The number of amides is 2. The van der Waals surface area contributed by atoms with Gasteiger partial charge in [0.05, 0.1) is 13.2 Å². The Labute approximate surface area is 166 Å². The Balaban J connectivity index is 2.02. The number of benzene rings is 2. The zero-order chi connectivity index (χ0) is 20.5. The van der Waals surface area contributed by atoms with Gasteiger partial charge < -0.3 is 20.1 Å². The zero-order valence-corrected chi connectivity index (χ0v) is 16.8. The number of nitrogens with one attached hydrogen (secondary N) is 2. The molecule has 1 atom stereocenters. The molecule has 0 bridgehead atoms. The van der Waals surface area contributed by atoms with E-state index >= 15 is 0 Å². The van der Waals surface area contributed by atoms with Crippen molar-refractivity contribution in [3.63, 3.8) is 0 Å². The van der Waals surface area contributed by atoms with Crippen LogP contribution in [0.3, 0.4) is 0 Å². The van der Waals surface area contributed by atoms with Gasteiger partial charge >= 0.3 is 0 Å². The molecule has 0 aliphatic rings. The van der Waals surface area contributed by atoms with E-state index in [0.29, 0.717) is 30.2 Å². The van der Waals surface area contributed by atoms with E-state index in [1.54, 1.807) is 48.5 Å². The average Bonchev–Trinajstić information content (AvgIpc) is 2.68. The number of carbonyl (C=O) groups is 2. The Hall–Kier alpha value is -3.02. The van der Waals surface area contributed by atoms with Crippen LogP contribution in [0.4, 0.5) is 5.69 Å². The van der Waals surface area contributed by atoms with Gasteiger partial charge in [-0.15, -0.1) is 0 Å². The number of hydrogen-bond acceptors (Lipinski definition) is 4. The normalized spacial score (nSPS) is 11.6. The van der Waals surface area contributed by atoms with E-state index in [1.165, 1.54) is 0 Å². The molecule has 0 fully saturated rings. The summed E-state index contributed by atoms with van der Waals surface area (Å²) in [6.45, 7) is 8.74. The van der Waals surface area contributed by atoms with E-state index in [0.717, 1.165) is 5.75 Å². The molecule has 2 N–H and O–H groups in total. The maximum absolute atomic E-state index is 12.7. The van der Waals surface area contributed by atoms with Crippen LogP contribution in [0.1, 0.15) is 38.1 Å². The van der Waals surface area contributed by atoms with Crippen molar-refractivity contribution < 1.29 is 19.1 Å². The van der Waals surface area contributed by atoms with Crippen LogP contribution < -0.4 is 20.1 Å². The van der Waals surface area contributed by atoms with Crippen LogP contribution in [0.15, 0.2) is 48.5 Å². The third-order valence-corrected chi connectivity index (χ3v) is 4.10. The van der Waals surface area contributed by atoms with Gasteiger partial charge in [0.2, 0.25) is 5.91 Å². The van der Waals surface area contributed by atoms with E-state index in [9.17, 15) is 9.59 Å². The SMILES string of the molecule is CCOc1ccc(NC(=O)C(NC(=O)c2ccc(OCC)cc2)C(C)C)cc1. The minimum absolute atomic E-state index is 0.0747. The van der Waals surface area contributed by atoms with Gasteiger partial charge in [-0.25, -0.2) is 0 Å². The lowest BCUT2D eigenvalue weighted by Gasteiger charge is -2.22. The summed E-state index contributed by atoms with van der Waals surface area (Å²) in [4.78, 5) is 25.2. The Morgan fingerprint density at radius 2 is 1.36 bits per heavy atom. The van der Waals surface area contributed by atoms with Crippen LogP contribution in [-0.2, 0) is 4.79 Å². The molecular formula is C22H28N2O4. The topological polar surface area (TPSA) is 76.7 Å². The molecule has 0 heterocycles. The first-order chi connectivity index (χ1) is 13.4. The van der Waals surface area contributed by atoms with Crippen LogP contribution in [0.2, 0.25) is 0 Å². The molecule has 28 heavy (non-hydrogen) atoms. The highest BCUT2D eigenvalue weighted by Gasteiger charge is 2.24. The second-order valence-electron chi connectivity index (χ2n) is 6.60. The Bertz CT molecular complexity index is 770. The summed E-state index contributed by atoms with van der Waals surface area (Å²) in [7, 11) is 0. The summed E-state index contributed by atoms with van der Waals surface area (Å²) in [5.41, 5.74) is 1.12. The predicted molar refractivity (Wildman–Crippen MR) is 110 cm³/mol. The van der Waals surface area contributed by atoms with Crippen molar-refractivity contribution in [1.29, 1.82) is 0 Å². The Morgan fingerprint density at radius 1 is 0.857 bits per heavy atom. The second kappa shape index (κ2) is 10.3. The van der Waals surface area contributed by atoms with Crippen molar-refractivity contribution in [2.24, 2.45) is 5.92 Å². The third-order valence-electron chi connectivity index (χ3n) is 4.10. The molecular weight excluding hydrogens is 356 g/mol. The largest absolute Gasteiger partial charge is 0.494 e. The van der Waals surface area contributed by atoms with Crippen LogP contribution in [0.25, 0.3) is 0 Å². The number of ether oxygens (including phenoxy) is 2. The fourth-order valence-electron chi connectivity index (χ4n) is 2.65. The first kappa shape index (κ1) is 21.3. The molecule has 2 amide bonds. The number of carbonyl (C=O) groups excluding carboxylic acids is 2. The molecule has 6 nitrogen and oxygen atoms in total. The summed E-state index contributed by atoms with van der Waals surface area (Å²) in [5, 5.41) is 5.67. The minimum atomic E-state index is -0.661. The maximum atomic E-state index is 12.7. The number of rotatable bonds is 9. The Kier molecular flexibility index (Phi) is 7.87. The van der Waals surface area contributed by atoms with Gasteiger partial charge in [0.1, 0.15) is 17.5 Å². The van der Waals surface area contributed by atoms with Crippen molar-refractivity contribution in [2.45, 2.75) is 33.7 Å². The number of hydrogen-bond donors (Lipinski definition) is 2. The first-order valence-electron chi connectivity index (χ1n) is 9.52. The highest BCUT2D eigenvalue weighted by molar-refractivity contribution is 6.01. The molecule has 0 aromatic heterocycles. The first-order valence-corrected chi connectivity index (χ1v) is 9.52. The smallest absolute Gasteiger partial charge is 0.251 e. The van der Waals surface area contributed by atoms with E-state index in [2.05, 4.69) is 10.6 Å². The molecule has 0 saturated heterocycles. The van der Waals surface area contributed by atoms with Crippen molar-refractivity contribution in [1.82, 2.24) is 5.32 Å². The maximum Gasteiger partial charge on any atom is 0.251 e. The van der Waals surface area contributed by atoms with Gasteiger partial charge in [-0.05, 0) is 68.3 Å². The lowest BCUT2D eigenvalue weighted by molar-refractivity contribution is -0.118. The van der Waals surface area contributed by atoms with E-state index in [4.69, 9.17) is 9.47 Å². The molecule has 2 aromatic rings. The van der Waals surface area contributed by atoms with Crippen molar-refractivity contribution in [3.05, 3.63) is 54.1 Å². The van der Waals surface area contributed by atoms with Gasteiger partial charge in [-0.1, -0.05) is 13.8 Å². The van der Waals surface area contributed by atoms with Crippen molar-refractivity contribution >= 4 is 17.5 Å². The van der Waals surface area contributed by atoms with Gasteiger partial charge in [-0.2, -0.15) is 0 Å². The molecule has 6 heteroatoms.